The van der Waals surface area contributed by atoms with Gasteiger partial charge in [-0.25, -0.2) is 23.1 Å². The zero-order valence-corrected chi connectivity index (χ0v) is 7.92. The lowest BCUT2D eigenvalue weighted by Gasteiger charge is -2.03. The highest BCUT2D eigenvalue weighted by Gasteiger charge is 2.12. The second-order valence-electron chi connectivity index (χ2n) is 3.05. The summed E-state index contributed by atoms with van der Waals surface area (Å²) in [5.41, 5.74) is 5.65. The van der Waals surface area contributed by atoms with Gasteiger partial charge in [-0.05, 0) is 18.2 Å². The second-order valence-corrected chi connectivity index (χ2v) is 3.05. The van der Waals surface area contributed by atoms with Gasteiger partial charge < -0.3 is 5.73 Å². The highest BCUT2D eigenvalue weighted by Crippen LogP contribution is 2.22. The van der Waals surface area contributed by atoms with Crippen LogP contribution in [0.1, 0.15) is 0 Å². The van der Waals surface area contributed by atoms with Crippen LogP contribution in [-0.4, -0.2) is 9.97 Å². The summed E-state index contributed by atoms with van der Waals surface area (Å²) in [6.07, 6.45) is 1.34. The van der Waals surface area contributed by atoms with Gasteiger partial charge in [-0.3, -0.25) is 0 Å². The van der Waals surface area contributed by atoms with Crippen LogP contribution < -0.4 is 5.73 Å². The molecule has 1 aromatic heterocycles. The Morgan fingerprint density at radius 1 is 1.06 bits per heavy atom. The molecule has 2 rings (SSSR count). The second kappa shape index (κ2) is 3.80. The first-order chi connectivity index (χ1) is 7.58. The topological polar surface area (TPSA) is 51.8 Å². The molecular formula is C10H6F3N3. The number of hydrogen-bond donors (Lipinski definition) is 1. The molecule has 0 unspecified atom stereocenters. The van der Waals surface area contributed by atoms with Gasteiger partial charge in [0.2, 0.25) is 5.95 Å². The molecule has 0 spiro atoms. The van der Waals surface area contributed by atoms with Gasteiger partial charge in [0.25, 0.3) is 0 Å². The molecule has 16 heavy (non-hydrogen) atoms. The Kier molecular flexibility index (Phi) is 2.47. The van der Waals surface area contributed by atoms with Crippen molar-refractivity contribution in [1.82, 2.24) is 9.97 Å². The van der Waals surface area contributed by atoms with Crippen molar-refractivity contribution in [2.45, 2.75) is 0 Å². The van der Waals surface area contributed by atoms with Crippen molar-refractivity contribution < 1.29 is 13.2 Å². The van der Waals surface area contributed by atoms with E-state index in [9.17, 15) is 13.2 Å². The Balaban J connectivity index is 2.57. The zero-order chi connectivity index (χ0) is 11.7. The highest BCUT2D eigenvalue weighted by atomic mass is 19.2. The fourth-order valence-electron chi connectivity index (χ4n) is 1.24. The minimum atomic E-state index is -1.51. The van der Waals surface area contributed by atoms with Crippen LogP contribution in [0, 0.1) is 17.5 Å². The molecule has 6 heteroatoms. The molecule has 3 nitrogen and oxygen atoms in total. The van der Waals surface area contributed by atoms with E-state index in [2.05, 4.69) is 9.97 Å². The number of nitrogens with two attached hydrogens (primary N) is 1. The van der Waals surface area contributed by atoms with Crippen LogP contribution in [0.25, 0.3) is 11.3 Å². The van der Waals surface area contributed by atoms with E-state index < -0.39 is 17.5 Å². The van der Waals surface area contributed by atoms with E-state index in [0.717, 1.165) is 12.1 Å². The number of hydrogen-bond acceptors (Lipinski definition) is 3. The third-order valence-electron chi connectivity index (χ3n) is 1.95. The van der Waals surface area contributed by atoms with Crippen LogP contribution in [0.15, 0.2) is 24.4 Å². The maximum Gasteiger partial charge on any atom is 0.220 e. The maximum absolute atomic E-state index is 12.9. The lowest BCUT2D eigenvalue weighted by molar-refractivity contribution is 0.447. The Morgan fingerprint density at radius 2 is 1.69 bits per heavy atom. The number of nitrogen functional groups attached to an aromatic ring is 1. The summed E-state index contributed by atoms with van der Waals surface area (Å²) in [6.45, 7) is 0. The lowest BCUT2D eigenvalue weighted by Crippen LogP contribution is -1.97. The average Bonchev–Trinajstić information content (AvgIpc) is 2.25. The standard InChI is InChI=1S/C10H6F3N3/c11-6-3-5(4-7(12)9(6)13)8-1-2-15-10(14)16-8/h1-4H,(H2,14,15,16). The minimum Gasteiger partial charge on any atom is -0.368 e. The average molecular weight is 225 g/mol. The normalized spacial score (nSPS) is 10.4. The molecule has 82 valence electrons. The van der Waals surface area contributed by atoms with Crippen LogP contribution in [0.2, 0.25) is 0 Å². The summed E-state index contributed by atoms with van der Waals surface area (Å²) >= 11 is 0. The molecule has 0 saturated heterocycles. The van der Waals surface area contributed by atoms with Gasteiger partial charge in [0.1, 0.15) is 0 Å². The van der Waals surface area contributed by atoms with Crippen molar-refractivity contribution >= 4 is 5.95 Å². The van der Waals surface area contributed by atoms with Gasteiger partial charge >= 0.3 is 0 Å². The summed E-state index contributed by atoms with van der Waals surface area (Å²) in [5.74, 6) is -4.08. The Bertz CT molecular complexity index is 520. The molecule has 0 amide bonds. The van der Waals surface area contributed by atoms with Gasteiger partial charge in [0.05, 0.1) is 5.69 Å². The van der Waals surface area contributed by atoms with Crippen LogP contribution >= 0.6 is 0 Å². The van der Waals surface area contributed by atoms with Gasteiger partial charge in [-0.15, -0.1) is 0 Å². The quantitative estimate of drug-likeness (QED) is 0.756. The summed E-state index contributed by atoms with van der Waals surface area (Å²) in [7, 11) is 0. The van der Waals surface area contributed by atoms with E-state index in [0.29, 0.717) is 0 Å². The number of halogens is 3. The smallest absolute Gasteiger partial charge is 0.220 e. The van der Waals surface area contributed by atoms with Crippen LogP contribution in [0.5, 0.6) is 0 Å². The fraction of sp³-hybridized carbons (Fsp3) is 0. The molecule has 2 aromatic rings. The fourth-order valence-corrected chi connectivity index (χ4v) is 1.24. The molecule has 0 aliphatic carbocycles. The van der Waals surface area contributed by atoms with E-state index >= 15 is 0 Å². The van der Waals surface area contributed by atoms with Crippen molar-refractivity contribution in [3.63, 3.8) is 0 Å². The SMILES string of the molecule is Nc1nccc(-c2cc(F)c(F)c(F)c2)n1. The summed E-state index contributed by atoms with van der Waals surface area (Å²) in [4.78, 5) is 7.40. The molecule has 0 aliphatic heterocycles. The first-order valence-corrected chi connectivity index (χ1v) is 4.31. The Morgan fingerprint density at radius 3 is 2.25 bits per heavy atom. The highest BCUT2D eigenvalue weighted by molar-refractivity contribution is 5.59. The molecule has 0 atom stereocenters. The van der Waals surface area contributed by atoms with E-state index in [1.165, 1.54) is 12.3 Å². The first-order valence-electron chi connectivity index (χ1n) is 4.31. The number of nitrogens with zero attached hydrogens (tertiary/aromatic N) is 2. The van der Waals surface area contributed by atoms with Gasteiger partial charge in [-0.1, -0.05) is 0 Å². The third kappa shape index (κ3) is 1.81. The molecule has 0 bridgehead atoms. The van der Waals surface area contributed by atoms with E-state index in [1.54, 1.807) is 0 Å². The number of aromatic nitrogens is 2. The monoisotopic (exact) mass is 225 g/mol. The molecule has 0 fully saturated rings. The molecule has 1 aromatic carbocycles. The third-order valence-corrected chi connectivity index (χ3v) is 1.95. The zero-order valence-electron chi connectivity index (χ0n) is 7.92. The van der Waals surface area contributed by atoms with E-state index in [1.807, 2.05) is 0 Å². The van der Waals surface area contributed by atoms with Crippen molar-refractivity contribution in [3.05, 3.63) is 41.8 Å². The number of rotatable bonds is 1. The van der Waals surface area contributed by atoms with Crippen molar-refractivity contribution in [1.29, 1.82) is 0 Å². The van der Waals surface area contributed by atoms with Crippen LogP contribution in [0.4, 0.5) is 19.1 Å². The molecule has 0 aliphatic rings. The minimum absolute atomic E-state index is 0.0253. The largest absolute Gasteiger partial charge is 0.368 e. The van der Waals surface area contributed by atoms with Crippen LogP contribution in [-0.2, 0) is 0 Å². The molecule has 1 heterocycles. The predicted octanol–water partition coefficient (Wildman–Crippen LogP) is 2.14. The van der Waals surface area contributed by atoms with Crippen LogP contribution in [0.3, 0.4) is 0 Å². The Hall–Kier alpha value is -2.11. The first kappa shape index (κ1) is 10.4. The Labute approximate surface area is 88.8 Å². The van der Waals surface area contributed by atoms with Crippen molar-refractivity contribution in [2.75, 3.05) is 5.73 Å². The molecular weight excluding hydrogens is 219 g/mol. The number of benzene rings is 1. The maximum atomic E-state index is 12.9. The van der Waals surface area contributed by atoms with Crippen molar-refractivity contribution in [3.8, 4) is 11.3 Å². The number of anilines is 1. The van der Waals surface area contributed by atoms with Gasteiger partial charge in [-0.2, -0.15) is 0 Å². The van der Waals surface area contributed by atoms with Crippen molar-refractivity contribution in [2.24, 2.45) is 0 Å². The van der Waals surface area contributed by atoms with E-state index in [4.69, 9.17) is 5.73 Å². The molecule has 0 saturated carbocycles. The van der Waals surface area contributed by atoms with Gasteiger partial charge in [0, 0.05) is 11.8 Å². The lowest BCUT2D eigenvalue weighted by atomic mass is 10.1. The molecule has 0 radical (unpaired) electrons. The van der Waals surface area contributed by atoms with E-state index in [-0.39, 0.29) is 17.2 Å². The predicted molar refractivity (Wildman–Crippen MR) is 51.8 cm³/mol. The van der Waals surface area contributed by atoms with Gasteiger partial charge in [0.15, 0.2) is 17.5 Å². The summed E-state index contributed by atoms with van der Waals surface area (Å²) < 4.78 is 38.6. The summed E-state index contributed by atoms with van der Waals surface area (Å²) in [5, 5.41) is 0. The summed E-state index contributed by atoms with van der Waals surface area (Å²) in [6, 6.07) is 3.11. The molecule has 2 N–H and O–H groups in total.